The molecule has 0 amide bonds. The summed E-state index contributed by atoms with van der Waals surface area (Å²) in [5.41, 5.74) is 2.61. The second-order valence-electron chi connectivity index (χ2n) is 4.18. The molecule has 2 rings (SSSR count). The second-order valence-corrected chi connectivity index (χ2v) is 4.62. The number of anilines is 1. The number of benzene rings is 2. The Labute approximate surface area is 116 Å². The molecule has 0 saturated heterocycles. The Bertz CT molecular complexity index is 614. The topological polar surface area (TPSA) is 55.2 Å². The van der Waals surface area contributed by atoms with Gasteiger partial charge in [0.1, 0.15) is 0 Å². The van der Waals surface area contributed by atoms with Crippen LogP contribution in [-0.2, 0) is 6.54 Å². The van der Waals surface area contributed by atoms with Crippen molar-refractivity contribution in [3.05, 3.63) is 68.7 Å². The summed E-state index contributed by atoms with van der Waals surface area (Å²) in [6.45, 7) is 2.28. The van der Waals surface area contributed by atoms with Gasteiger partial charge in [0.25, 0.3) is 5.69 Å². The van der Waals surface area contributed by atoms with E-state index in [1.807, 2.05) is 24.3 Å². The molecule has 0 spiro atoms. The SMILES string of the molecule is Cc1c(CNc2cccc(Cl)c2)cccc1[N+](=O)[O-]. The van der Waals surface area contributed by atoms with Gasteiger partial charge in [-0.15, -0.1) is 0 Å². The summed E-state index contributed by atoms with van der Waals surface area (Å²) >= 11 is 5.90. The smallest absolute Gasteiger partial charge is 0.272 e. The average Bonchev–Trinajstić information content (AvgIpc) is 2.37. The van der Waals surface area contributed by atoms with Gasteiger partial charge in [0.05, 0.1) is 4.92 Å². The Balaban J connectivity index is 2.16. The maximum atomic E-state index is 10.9. The zero-order chi connectivity index (χ0) is 13.8. The van der Waals surface area contributed by atoms with Gasteiger partial charge in [-0.2, -0.15) is 0 Å². The van der Waals surface area contributed by atoms with Crippen molar-refractivity contribution in [1.82, 2.24) is 0 Å². The average molecular weight is 277 g/mol. The molecule has 0 unspecified atom stereocenters. The molecule has 5 heteroatoms. The first-order valence-electron chi connectivity index (χ1n) is 5.80. The molecule has 0 fully saturated rings. The number of nitrogens with zero attached hydrogens (tertiary/aromatic N) is 1. The summed E-state index contributed by atoms with van der Waals surface area (Å²) in [4.78, 5) is 10.5. The van der Waals surface area contributed by atoms with Crippen LogP contribution in [0.1, 0.15) is 11.1 Å². The van der Waals surface area contributed by atoms with Gasteiger partial charge in [0.2, 0.25) is 0 Å². The molecule has 0 aromatic heterocycles. The third-order valence-corrected chi connectivity index (χ3v) is 3.16. The molecule has 2 aromatic carbocycles. The lowest BCUT2D eigenvalue weighted by atomic mass is 10.1. The van der Waals surface area contributed by atoms with E-state index in [1.165, 1.54) is 6.07 Å². The molecule has 4 nitrogen and oxygen atoms in total. The molecule has 0 aliphatic rings. The van der Waals surface area contributed by atoms with E-state index < -0.39 is 0 Å². The van der Waals surface area contributed by atoms with Gasteiger partial charge >= 0.3 is 0 Å². The molecule has 1 N–H and O–H groups in total. The fourth-order valence-corrected chi connectivity index (χ4v) is 2.05. The minimum Gasteiger partial charge on any atom is -0.381 e. The summed E-state index contributed by atoms with van der Waals surface area (Å²) in [5, 5.41) is 14.7. The highest BCUT2D eigenvalue weighted by Gasteiger charge is 2.12. The van der Waals surface area contributed by atoms with E-state index in [4.69, 9.17) is 11.6 Å². The first-order valence-corrected chi connectivity index (χ1v) is 6.18. The maximum Gasteiger partial charge on any atom is 0.272 e. The Morgan fingerprint density at radius 3 is 2.68 bits per heavy atom. The number of nitro groups is 1. The molecular formula is C14H13ClN2O2. The monoisotopic (exact) mass is 276 g/mol. The molecular weight excluding hydrogens is 264 g/mol. The van der Waals surface area contributed by atoms with E-state index >= 15 is 0 Å². The number of hydrogen-bond acceptors (Lipinski definition) is 3. The normalized spacial score (nSPS) is 10.2. The van der Waals surface area contributed by atoms with Crippen molar-refractivity contribution >= 4 is 23.0 Å². The van der Waals surface area contributed by atoms with Crippen LogP contribution in [0.5, 0.6) is 0 Å². The number of rotatable bonds is 4. The second kappa shape index (κ2) is 5.71. The molecule has 19 heavy (non-hydrogen) atoms. The van der Waals surface area contributed by atoms with Crippen molar-refractivity contribution in [2.75, 3.05) is 5.32 Å². The first kappa shape index (κ1) is 13.4. The van der Waals surface area contributed by atoms with Gasteiger partial charge in [-0.3, -0.25) is 10.1 Å². The van der Waals surface area contributed by atoms with E-state index in [1.54, 1.807) is 19.1 Å². The van der Waals surface area contributed by atoms with E-state index in [2.05, 4.69) is 5.32 Å². The highest BCUT2D eigenvalue weighted by Crippen LogP contribution is 2.22. The summed E-state index contributed by atoms with van der Waals surface area (Å²) in [6, 6.07) is 12.4. The first-order chi connectivity index (χ1) is 9.08. The Morgan fingerprint density at radius 2 is 2.00 bits per heavy atom. The standard InChI is InChI=1S/C14H13ClN2O2/c1-10-11(4-2-7-14(10)17(18)19)9-16-13-6-3-5-12(15)8-13/h2-8,16H,9H2,1H3. The predicted octanol–water partition coefficient (Wildman–Crippen LogP) is 4.17. The zero-order valence-corrected chi connectivity index (χ0v) is 11.1. The van der Waals surface area contributed by atoms with Crippen LogP contribution in [-0.4, -0.2) is 4.92 Å². The van der Waals surface area contributed by atoms with Crippen LogP contribution in [0.3, 0.4) is 0 Å². The van der Waals surface area contributed by atoms with Crippen molar-refractivity contribution in [2.45, 2.75) is 13.5 Å². The van der Waals surface area contributed by atoms with Gasteiger partial charge in [0.15, 0.2) is 0 Å². The fraction of sp³-hybridized carbons (Fsp3) is 0.143. The van der Waals surface area contributed by atoms with E-state index in [9.17, 15) is 10.1 Å². The largest absolute Gasteiger partial charge is 0.381 e. The highest BCUT2D eigenvalue weighted by atomic mass is 35.5. The fourth-order valence-electron chi connectivity index (χ4n) is 1.85. The summed E-state index contributed by atoms with van der Waals surface area (Å²) in [5.74, 6) is 0. The molecule has 0 atom stereocenters. The lowest BCUT2D eigenvalue weighted by Crippen LogP contribution is -2.03. The van der Waals surface area contributed by atoms with Crippen LogP contribution in [0.4, 0.5) is 11.4 Å². The van der Waals surface area contributed by atoms with Crippen LogP contribution in [0.2, 0.25) is 5.02 Å². The summed E-state index contributed by atoms with van der Waals surface area (Å²) in [7, 11) is 0. The third-order valence-electron chi connectivity index (χ3n) is 2.92. The Kier molecular flexibility index (Phi) is 4.02. The van der Waals surface area contributed by atoms with Crippen LogP contribution in [0, 0.1) is 17.0 Å². The quantitative estimate of drug-likeness (QED) is 0.673. The Hall–Kier alpha value is -2.07. The number of hydrogen-bond donors (Lipinski definition) is 1. The minimum absolute atomic E-state index is 0.144. The van der Waals surface area contributed by atoms with Crippen LogP contribution in [0.25, 0.3) is 0 Å². The minimum atomic E-state index is -0.363. The van der Waals surface area contributed by atoms with Gasteiger partial charge in [0, 0.05) is 28.9 Å². The number of halogens is 1. The number of nitrogens with one attached hydrogen (secondary N) is 1. The van der Waals surface area contributed by atoms with Gasteiger partial charge in [-0.1, -0.05) is 29.8 Å². The Morgan fingerprint density at radius 1 is 1.26 bits per heavy atom. The molecule has 0 bridgehead atoms. The summed E-state index contributed by atoms with van der Waals surface area (Å²) in [6.07, 6.45) is 0. The van der Waals surface area contributed by atoms with Gasteiger partial charge in [-0.25, -0.2) is 0 Å². The molecule has 0 aliphatic carbocycles. The van der Waals surface area contributed by atoms with Crippen LogP contribution < -0.4 is 5.32 Å². The molecule has 0 aliphatic heterocycles. The highest BCUT2D eigenvalue weighted by molar-refractivity contribution is 6.30. The van der Waals surface area contributed by atoms with Gasteiger partial charge in [-0.05, 0) is 30.7 Å². The number of nitro benzene ring substituents is 1. The lowest BCUT2D eigenvalue weighted by molar-refractivity contribution is -0.385. The van der Waals surface area contributed by atoms with Crippen LogP contribution in [0.15, 0.2) is 42.5 Å². The van der Waals surface area contributed by atoms with Crippen molar-refractivity contribution in [3.63, 3.8) is 0 Å². The van der Waals surface area contributed by atoms with E-state index in [0.29, 0.717) is 17.1 Å². The zero-order valence-electron chi connectivity index (χ0n) is 10.4. The van der Waals surface area contributed by atoms with E-state index in [0.717, 1.165) is 11.3 Å². The van der Waals surface area contributed by atoms with Crippen molar-refractivity contribution in [2.24, 2.45) is 0 Å². The molecule has 0 heterocycles. The molecule has 98 valence electrons. The third kappa shape index (κ3) is 3.23. The van der Waals surface area contributed by atoms with Gasteiger partial charge < -0.3 is 5.32 Å². The molecule has 0 radical (unpaired) electrons. The predicted molar refractivity (Wildman–Crippen MR) is 76.6 cm³/mol. The summed E-state index contributed by atoms with van der Waals surface area (Å²) < 4.78 is 0. The van der Waals surface area contributed by atoms with Crippen molar-refractivity contribution in [1.29, 1.82) is 0 Å². The maximum absolute atomic E-state index is 10.9. The van der Waals surface area contributed by atoms with Crippen molar-refractivity contribution in [3.8, 4) is 0 Å². The van der Waals surface area contributed by atoms with Crippen LogP contribution >= 0.6 is 11.6 Å². The van der Waals surface area contributed by atoms with Crippen molar-refractivity contribution < 1.29 is 4.92 Å². The molecule has 0 saturated carbocycles. The van der Waals surface area contributed by atoms with E-state index in [-0.39, 0.29) is 10.6 Å². The molecule has 2 aromatic rings. The lowest BCUT2D eigenvalue weighted by Gasteiger charge is -2.09.